The van der Waals surface area contributed by atoms with E-state index in [0.29, 0.717) is 13.0 Å². The quantitative estimate of drug-likeness (QED) is 0.542. The highest BCUT2D eigenvalue weighted by Gasteiger charge is 2.07. The van der Waals surface area contributed by atoms with Gasteiger partial charge in [-0.05, 0) is 53.6 Å². The summed E-state index contributed by atoms with van der Waals surface area (Å²) in [5.41, 5.74) is 0.964. The minimum Gasteiger partial charge on any atom is -0.466 e. The fourth-order valence-electron chi connectivity index (χ4n) is 1.47. The number of benzene rings is 1. The minimum absolute atomic E-state index is 0.239. The predicted molar refractivity (Wildman–Crippen MR) is 79.4 cm³/mol. The topological polar surface area (TPSA) is 52.6 Å². The zero-order valence-corrected chi connectivity index (χ0v) is 13.0. The fraction of sp³-hybridized carbons (Fsp3) is 0.429. The van der Waals surface area contributed by atoms with Crippen LogP contribution >= 0.6 is 22.6 Å². The maximum Gasteiger partial charge on any atom is 0.306 e. The molecule has 0 spiro atoms. The van der Waals surface area contributed by atoms with E-state index in [1.165, 1.54) is 0 Å². The highest BCUT2D eigenvalue weighted by molar-refractivity contribution is 14.1. The van der Waals surface area contributed by atoms with Crippen molar-refractivity contribution in [2.75, 3.05) is 6.61 Å². The number of carbonyl (C=O) groups excluding carboxylic acids is 2. The highest BCUT2D eigenvalue weighted by atomic mass is 127. The van der Waals surface area contributed by atoms with Crippen molar-refractivity contribution >= 4 is 34.5 Å². The van der Waals surface area contributed by atoms with E-state index < -0.39 is 0 Å². The van der Waals surface area contributed by atoms with Crippen LogP contribution in [0.4, 0.5) is 0 Å². The lowest BCUT2D eigenvalue weighted by Crippen LogP contribution is -2.08. The Labute approximate surface area is 126 Å². The maximum absolute atomic E-state index is 11.5. The van der Waals surface area contributed by atoms with Gasteiger partial charge in [0.25, 0.3) is 0 Å². The Kier molecular flexibility index (Phi) is 7.47. The molecule has 0 aliphatic carbocycles. The standard InChI is InChI=1S/C14H17IO4/c1-2-18-13(16)7-4-8-14(17)19-10-11-5-3-6-12(15)9-11/h3,5-6,9H,2,4,7-8,10H2,1H3. The fourth-order valence-corrected chi connectivity index (χ4v) is 2.08. The Balaban J connectivity index is 2.19. The molecule has 0 radical (unpaired) electrons. The van der Waals surface area contributed by atoms with Crippen molar-refractivity contribution in [1.82, 2.24) is 0 Å². The minimum atomic E-state index is -0.289. The summed E-state index contributed by atoms with van der Waals surface area (Å²) in [7, 11) is 0. The molecule has 0 aliphatic heterocycles. The summed E-state index contributed by atoms with van der Waals surface area (Å²) >= 11 is 2.21. The van der Waals surface area contributed by atoms with Crippen LogP contribution in [0.5, 0.6) is 0 Å². The third-order valence-electron chi connectivity index (χ3n) is 2.36. The molecule has 104 valence electrons. The third-order valence-corrected chi connectivity index (χ3v) is 3.03. The normalized spacial score (nSPS) is 10.0. The zero-order valence-electron chi connectivity index (χ0n) is 10.9. The summed E-state index contributed by atoms with van der Waals surface area (Å²) in [6.07, 6.45) is 0.957. The molecule has 0 saturated carbocycles. The molecule has 0 fully saturated rings. The summed E-state index contributed by atoms with van der Waals surface area (Å²) in [6.45, 7) is 2.40. The van der Waals surface area contributed by atoms with Crippen LogP contribution < -0.4 is 0 Å². The van der Waals surface area contributed by atoms with Gasteiger partial charge in [0.05, 0.1) is 6.61 Å². The van der Waals surface area contributed by atoms with Crippen molar-refractivity contribution in [3.63, 3.8) is 0 Å². The Morgan fingerprint density at radius 3 is 2.47 bits per heavy atom. The molecule has 1 aromatic carbocycles. The Morgan fingerprint density at radius 2 is 1.84 bits per heavy atom. The number of ether oxygens (including phenoxy) is 2. The van der Waals surface area contributed by atoms with E-state index in [1.807, 2.05) is 24.3 Å². The summed E-state index contributed by atoms with van der Waals surface area (Å²) < 4.78 is 11.0. The molecule has 0 atom stereocenters. The molecule has 0 bridgehead atoms. The van der Waals surface area contributed by atoms with Crippen molar-refractivity contribution in [3.8, 4) is 0 Å². The van der Waals surface area contributed by atoms with Crippen LogP contribution in [-0.2, 0) is 25.7 Å². The van der Waals surface area contributed by atoms with Crippen molar-refractivity contribution in [2.45, 2.75) is 32.8 Å². The average Bonchev–Trinajstić information content (AvgIpc) is 2.37. The second kappa shape index (κ2) is 8.90. The summed E-state index contributed by atoms with van der Waals surface area (Å²) in [5.74, 6) is -0.559. The molecule has 4 nitrogen and oxygen atoms in total. The molecule has 0 saturated heterocycles. The van der Waals surface area contributed by atoms with Crippen molar-refractivity contribution in [3.05, 3.63) is 33.4 Å². The van der Waals surface area contributed by atoms with Gasteiger partial charge in [-0.25, -0.2) is 0 Å². The van der Waals surface area contributed by atoms with Gasteiger partial charge in [-0.15, -0.1) is 0 Å². The van der Waals surface area contributed by atoms with Gasteiger partial charge >= 0.3 is 11.9 Å². The van der Waals surface area contributed by atoms with E-state index in [9.17, 15) is 9.59 Å². The van der Waals surface area contributed by atoms with Crippen LogP contribution in [-0.4, -0.2) is 18.5 Å². The van der Waals surface area contributed by atoms with E-state index in [0.717, 1.165) is 9.13 Å². The number of rotatable bonds is 7. The van der Waals surface area contributed by atoms with Crippen LogP contribution in [0, 0.1) is 3.57 Å². The van der Waals surface area contributed by atoms with Gasteiger partial charge in [-0.2, -0.15) is 0 Å². The Morgan fingerprint density at radius 1 is 1.16 bits per heavy atom. The van der Waals surface area contributed by atoms with Crippen LogP contribution in [0.1, 0.15) is 31.7 Å². The van der Waals surface area contributed by atoms with Gasteiger partial charge in [0.1, 0.15) is 6.61 Å². The largest absolute Gasteiger partial charge is 0.466 e. The molecular formula is C14H17IO4. The molecule has 1 aromatic rings. The zero-order chi connectivity index (χ0) is 14.1. The SMILES string of the molecule is CCOC(=O)CCCC(=O)OCc1cccc(I)c1. The lowest BCUT2D eigenvalue weighted by Gasteiger charge is -2.05. The summed E-state index contributed by atoms with van der Waals surface area (Å²) in [4.78, 5) is 22.5. The Hall–Kier alpha value is -1.11. The second-order valence-electron chi connectivity index (χ2n) is 3.95. The van der Waals surface area contributed by atoms with Gasteiger partial charge in [0.15, 0.2) is 0 Å². The lowest BCUT2D eigenvalue weighted by atomic mass is 10.2. The first kappa shape index (κ1) is 15.9. The number of carbonyl (C=O) groups is 2. The third kappa shape index (κ3) is 7.15. The van der Waals surface area contributed by atoms with Gasteiger partial charge in [0, 0.05) is 16.4 Å². The molecular weight excluding hydrogens is 359 g/mol. The maximum atomic E-state index is 11.5. The molecule has 1 rings (SSSR count). The molecule has 19 heavy (non-hydrogen) atoms. The van der Waals surface area contributed by atoms with Gasteiger partial charge < -0.3 is 9.47 Å². The molecule has 0 heterocycles. The number of esters is 2. The van der Waals surface area contributed by atoms with Crippen LogP contribution in [0.3, 0.4) is 0 Å². The molecule has 0 aliphatic rings. The van der Waals surface area contributed by atoms with Crippen LogP contribution in [0.2, 0.25) is 0 Å². The van der Waals surface area contributed by atoms with Crippen LogP contribution in [0.25, 0.3) is 0 Å². The van der Waals surface area contributed by atoms with E-state index in [4.69, 9.17) is 9.47 Å². The van der Waals surface area contributed by atoms with Crippen molar-refractivity contribution < 1.29 is 19.1 Å². The molecule has 5 heteroatoms. The monoisotopic (exact) mass is 376 g/mol. The smallest absolute Gasteiger partial charge is 0.306 e. The number of hydrogen-bond donors (Lipinski definition) is 0. The lowest BCUT2D eigenvalue weighted by molar-refractivity contribution is -0.146. The number of hydrogen-bond acceptors (Lipinski definition) is 4. The first-order valence-electron chi connectivity index (χ1n) is 6.17. The van der Waals surface area contributed by atoms with Gasteiger partial charge in [0.2, 0.25) is 0 Å². The summed E-state index contributed by atoms with van der Waals surface area (Å²) in [6, 6.07) is 7.78. The van der Waals surface area contributed by atoms with E-state index in [2.05, 4.69) is 22.6 Å². The molecule has 0 N–H and O–H groups in total. The highest BCUT2D eigenvalue weighted by Crippen LogP contribution is 2.09. The van der Waals surface area contributed by atoms with E-state index >= 15 is 0 Å². The second-order valence-corrected chi connectivity index (χ2v) is 5.19. The molecule has 0 unspecified atom stereocenters. The summed E-state index contributed by atoms with van der Waals surface area (Å²) in [5, 5.41) is 0. The van der Waals surface area contributed by atoms with Crippen molar-refractivity contribution in [1.29, 1.82) is 0 Å². The first-order valence-corrected chi connectivity index (χ1v) is 7.25. The molecule has 0 aromatic heterocycles. The van der Waals surface area contributed by atoms with E-state index in [-0.39, 0.29) is 31.4 Å². The van der Waals surface area contributed by atoms with E-state index in [1.54, 1.807) is 6.92 Å². The predicted octanol–water partition coefficient (Wildman–Crippen LogP) is 3.07. The Bertz CT molecular complexity index is 431. The average molecular weight is 376 g/mol. The van der Waals surface area contributed by atoms with Gasteiger partial charge in [-0.1, -0.05) is 12.1 Å². The van der Waals surface area contributed by atoms with Crippen molar-refractivity contribution in [2.24, 2.45) is 0 Å². The first-order chi connectivity index (χ1) is 9.11. The van der Waals surface area contributed by atoms with Gasteiger partial charge in [-0.3, -0.25) is 9.59 Å². The number of halogens is 1. The molecule has 0 amide bonds. The van der Waals surface area contributed by atoms with Crippen LogP contribution in [0.15, 0.2) is 24.3 Å².